The van der Waals surface area contributed by atoms with Crippen molar-refractivity contribution in [1.29, 1.82) is 5.26 Å². The first-order valence-electron chi connectivity index (χ1n) is 7.63. The number of hydrogen-bond acceptors (Lipinski definition) is 4. The third-order valence-corrected chi connectivity index (χ3v) is 5.58. The zero-order valence-electron chi connectivity index (χ0n) is 13.7. The average molecular weight is 356 g/mol. The minimum absolute atomic E-state index is 0.121. The van der Waals surface area contributed by atoms with E-state index in [0.717, 1.165) is 18.7 Å². The second-order valence-corrected chi connectivity index (χ2v) is 8.78. The fraction of sp³-hybridized carbons (Fsp3) is 0.562. The molecule has 1 fully saturated rings. The van der Waals surface area contributed by atoms with Gasteiger partial charge in [0.05, 0.1) is 16.8 Å². The molecular formula is C16H22ClN3O2S. The summed E-state index contributed by atoms with van der Waals surface area (Å²) < 4.78 is 25.0. The molecule has 1 atom stereocenters. The van der Waals surface area contributed by atoms with Gasteiger partial charge in [0, 0.05) is 31.4 Å². The maximum atomic E-state index is 11.7. The SMILES string of the molecule is CC(C)CN(c1ccc(C#N)c(Cl)c1)[C@H]1CCN(S(C)(=O)=O)C1. The molecule has 0 aliphatic carbocycles. The van der Waals surface area contributed by atoms with Gasteiger partial charge >= 0.3 is 0 Å². The summed E-state index contributed by atoms with van der Waals surface area (Å²) in [6, 6.07) is 7.58. The number of halogens is 1. The van der Waals surface area contributed by atoms with E-state index in [1.54, 1.807) is 12.1 Å². The first-order valence-corrected chi connectivity index (χ1v) is 9.86. The zero-order valence-corrected chi connectivity index (χ0v) is 15.2. The molecule has 1 heterocycles. The van der Waals surface area contributed by atoms with Gasteiger partial charge in [-0.25, -0.2) is 12.7 Å². The van der Waals surface area contributed by atoms with E-state index in [1.807, 2.05) is 6.07 Å². The van der Waals surface area contributed by atoms with Gasteiger partial charge < -0.3 is 4.90 Å². The minimum Gasteiger partial charge on any atom is -0.367 e. The normalized spacial score (nSPS) is 19.0. The van der Waals surface area contributed by atoms with Crippen molar-refractivity contribution >= 4 is 27.3 Å². The number of rotatable bonds is 5. The standard InChI is InChI=1S/C16H22ClN3O2S/c1-12(2)10-20(14-5-4-13(9-18)16(17)8-14)15-6-7-19(11-15)23(3,21)22/h4-5,8,12,15H,6-7,10-11H2,1-3H3/t15-/m0/s1. The fourth-order valence-electron chi connectivity index (χ4n) is 2.90. The largest absolute Gasteiger partial charge is 0.367 e. The van der Waals surface area contributed by atoms with E-state index in [2.05, 4.69) is 24.8 Å². The highest BCUT2D eigenvalue weighted by Crippen LogP contribution is 2.29. The Bertz CT molecular complexity index is 713. The van der Waals surface area contributed by atoms with Crippen LogP contribution in [0.5, 0.6) is 0 Å². The van der Waals surface area contributed by atoms with Gasteiger partial charge in [-0.05, 0) is 30.5 Å². The van der Waals surface area contributed by atoms with Crippen LogP contribution in [-0.4, -0.2) is 44.7 Å². The van der Waals surface area contributed by atoms with Crippen molar-refractivity contribution in [1.82, 2.24) is 4.31 Å². The molecule has 0 saturated carbocycles. The van der Waals surface area contributed by atoms with Crippen LogP contribution in [0.2, 0.25) is 5.02 Å². The molecule has 0 amide bonds. The quantitative estimate of drug-likeness (QED) is 0.814. The molecule has 5 nitrogen and oxygen atoms in total. The van der Waals surface area contributed by atoms with E-state index in [9.17, 15) is 8.42 Å². The van der Waals surface area contributed by atoms with E-state index in [1.165, 1.54) is 10.6 Å². The Kier molecular flexibility index (Phi) is 5.56. The summed E-state index contributed by atoms with van der Waals surface area (Å²) in [6.07, 6.45) is 2.04. The van der Waals surface area contributed by atoms with Crippen LogP contribution in [0.3, 0.4) is 0 Å². The van der Waals surface area contributed by atoms with E-state index < -0.39 is 10.0 Å². The highest BCUT2D eigenvalue weighted by molar-refractivity contribution is 7.88. The molecule has 1 aromatic rings. The van der Waals surface area contributed by atoms with Crippen LogP contribution in [0, 0.1) is 17.2 Å². The van der Waals surface area contributed by atoms with Crippen molar-refractivity contribution < 1.29 is 8.42 Å². The van der Waals surface area contributed by atoms with Gasteiger partial charge in [0.15, 0.2) is 0 Å². The average Bonchev–Trinajstić information content (AvgIpc) is 2.94. The Labute approximate surface area is 143 Å². The third-order valence-electron chi connectivity index (χ3n) is 4.00. The van der Waals surface area contributed by atoms with Crippen molar-refractivity contribution in [2.75, 3.05) is 30.8 Å². The summed E-state index contributed by atoms with van der Waals surface area (Å²) in [5.41, 5.74) is 1.38. The maximum absolute atomic E-state index is 11.7. The zero-order chi connectivity index (χ0) is 17.2. The molecule has 7 heteroatoms. The lowest BCUT2D eigenvalue weighted by atomic mass is 10.1. The van der Waals surface area contributed by atoms with Crippen molar-refractivity contribution in [2.24, 2.45) is 5.92 Å². The molecule has 0 bridgehead atoms. The molecule has 1 aliphatic rings. The van der Waals surface area contributed by atoms with Gasteiger partial charge in [-0.2, -0.15) is 5.26 Å². The number of hydrogen-bond donors (Lipinski definition) is 0. The number of nitrogens with zero attached hydrogens (tertiary/aromatic N) is 3. The van der Waals surface area contributed by atoms with E-state index in [4.69, 9.17) is 16.9 Å². The molecule has 0 N–H and O–H groups in total. The first-order chi connectivity index (χ1) is 10.7. The van der Waals surface area contributed by atoms with Crippen molar-refractivity contribution in [3.63, 3.8) is 0 Å². The van der Waals surface area contributed by atoms with Gasteiger partial charge in [0.2, 0.25) is 10.0 Å². The van der Waals surface area contributed by atoms with Crippen LogP contribution in [0.1, 0.15) is 25.8 Å². The van der Waals surface area contributed by atoms with E-state index in [-0.39, 0.29) is 6.04 Å². The summed E-state index contributed by atoms with van der Waals surface area (Å²) in [7, 11) is -3.16. The maximum Gasteiger partial charge on any atom is 0.211 e. The molecule has 23 heavy (non-hydrogen) atoms. The molecule has 1 aromatic carbocycles. The predicted molar refractivity (Wildman–Crippen MR) is 93.2 cm³/mol. The smallest absolute Gasteiger partial charge is 0.211 e. The monoisotopic (exact) mass is 355 g/mol. The van der Waals surface area contributed by atoms with Crippen molar-refractivity contribution in [3.05, 3.63) is 28.8 Å². The number of anilines is 1. The van der Waals surface area contributed by atoms with Crippen LogP contribution in [0.4, 0.5) is 5.69 Å². The summed E-state index contributed by atoms with van der Waals surface area (Å²) in [6.45, 7) is 6.10. The van der Waals surface area contributed by atoms with Gasteiger partial charge in [-0.15, -0.1) is 0 Å². The van der Waals surface area contributed by atoms with E-state index in [0.29, 0.717) is 29.6 Å². The Morgan fingerprint density at radius 2 is 2.17 bits per heavy atom. The number of sulfonamides is 1. The summed E-state index contributed by atoms with van der Waals surface area (Å²) in [4.78, 5) is 2.21. The van der Waals surface area contributed by atoms with Crippen LogP contribution in [0.25, 0.3) is 0 Å². The molecule has 0 spiro atoms. The summed E-state index contributed by atoms with van der Waals surface area (Å²) >= 11 is 6.16. The van der Waals surface area contributed by atoms with Gasteiger partial charge in [-0.3, -0.25) is 0 Å². The van der Waals surface area contributed by atoms with Gasteiger partial charge in [-0.1, -0.05) is 25.4 Å². The molecule has 0 unspecified atom stereocenters. The molecular weight excluding hydrogens is 334 g/mol. The Balaban J connectivity index is 2.28. The molecule has 0 aromatic heterocycles. The van der Waals surface area contributed by atoms with Crippen LogP contribution in [-0.2, 0) is 10.0 Å². The first kappa shape index (κ1) is 18.1. The second-order valence-electron chi connectivity index (χ2n) is 6.39. The lowest BCUT2D eigenvalue weighted by molar-refractivity contribution is 0.469. The fourth-order valence-corrected chi connectivity index (χ4v) is 4.00. The van der Waals surface area contributed by atoms with Crippen molar-refractivity contribution in [2.45, 2.75) is 26.3 Å². The van der Waals surface area contributed by atoms with Crippen LogP contribution in [0.15, 0.2) is 18.2 Å². The minimum atomic E-state index is -3.16. The second kappa shape index (κ2) is 7.08. The lowest BCUT2D eigenvalue weighted by Gasteiger charge is -2.33. The number of nitriles is 1. The molecule has 2 rings (SSSR count). The Hall–Kier alpha value is -1.29. The summed E-state index contributed by atoms with van der Waals surface area (Å²) in [5.74, 6) is 0.428. The highest BCUT2D eigenvalue weighted by Gasteiger charge is 2.32. The Morgan fingerprint density at radius 3 is 2.65 bits per heavy atom. The third kappa shape index (κ3) is 4.37. The Morgan fingerprint density at radius 1 is 1.48 bits per heavy atom. The van der Waals surface area contributed by atoms with Gasteiger partial charge in [0.1, 0.15) is 6.07 Å². The van der Waals surface area contributed by atoms with Crippen LogP contribution >= 0.6 is 11.6 Å². The van der Waals surface area contributed by atoms with Gasteiger partial charge in [0.25, 0.3) is 0 Å². The summed E-state index contributed by atoms with van der Waals surface area (Å²) in [5, 5.41) is 9.44. The lowest BCUT2D eigenvalue weighted by Crippen LogP contribution is -2.40. The predicted octanol–water partition coefficient (Wildman–Crippen LogP) is 2.71. The molecule has 126 valence electrons. The topological polar surface area (TPSA) is 64.4 Å². The molecule has 1 aliphatic heterocycles. The molecule has 0 radical (unpaired) electrons. The van der Waals surface area contributed by atoms with E-state index >= 15 is 0 Å². The highest BCUT2D eigenvalue weighted by atomic mass is 35.5. The van der Waals surface area contributed by atoms with Crippen LogP contribution < -0.4 is 4.90 Å². The number of benzene rings is 1. The van der Waals surface area contributed by atoms with Crippen molar-refractivity contribution in [3.8, 4) is 6.07 Å². The molecule has 1 saturated heterocycles.